The standard InChI is InChI=1S/C15H18N2O/c18-14-15(7-8-15)12-3-1-2-4-13(12)17(14)11-5-9-16-10-6-11/h1-4,11,16H,5-10H2. The van der Waals surface area contributed by atoms with Crippen molar-refractivity contribution >= 4 is 11.6 Å². The number of rotatable bonds is 1. The van der Waals surface area contributed by atoms with Crippen LogP contribution >= 0.6 is 0 Å². The van der Waals surface area contributed by atoms with Gasteiger partial charge in [0, 0.05) is 11.7 Å². The largest absolute Gasteiger partial charge is 0.317 e. The van der Waals surface area contributed by atoms with Crippen molar-refractivity contribution in [2.45, 2.75) is 37.1 Å². The summed E-state index contributed by atoms with van der Waals surface area (Å²) in [5, 5.41) is 3.38. The summed E-state index contributed by atoms with van der Waals surface area (Å²) in [6, 6.07) is 8.81. The second-order valence-electron chi connectivity index (χ2n) is 5.76. The number of amides is 1. The van der Waals surface area contributed by atoms with Gasteiger partial charge in [-0.3, -0.25) is 4.79 Å². The first kappa shape index (κ1) is 10.6. The lowest BCUT2D eigenvalue weighted by Gasteiger charge is -2.32. The SMILES string of the molecule is O=C1N(C2CCNCC2)c2ccccc2C12CC2. The van der Waals surface area contributed by atoms with E-state index in [1.54, 1.807) is 0 Å². The molecule has 94 valence electrons. The number of nitrogens with zero attached hydrogens (tertiary/aromatic N) is 1. The van der Waals surface area contributed by atoms with Crippen LogP contribution < -0.4 is 10.2 Å². The van der Waals surface area contributed by atoms with Gasteiger partial charge in [-0.2, -0.15) is 0 Å². The summed E-state index contributed by atoms with van der Waals surface area (Å²) in [6.45, 7) is 2.06. The molecule has 0 aromatic heterocycles. The summed E-state index contributed by atoms with van der Waals surface area (Å²) in [7, 11) is 0. The average molecular weight is 242 g/mol. The Hall–Kier alpha value is -1.35. The van der Waals surface area contributed by atoms with Crippen molar-refractivity contribution in [1.29, 1.82) is 0 Å². The normalized spacial score (nSPS) is 25.6. The van der Waals surface area contributed by atoms with E-state index in [-0.39, 0.29) is 5.41 Å². The third-order valence-electron chi connectivity index (χ3n) is 4.73. The molecule has 2 aliphatic heterocycles. The van der Waals surface area contributed by atoms with Crippen LogP contribution in [0.25, 0.3) is 0 Å². The molecule has 3 nitrogen and oxygen atoms in total. The van der Waals surface area contributed by atoms with Gasteiger partial charge in [0.25, 0.3) is 0 Å². The molecule has 2 fully saturated rings. The lowest BCUT2D eigenvalue weighted by molar-refractivity contribution is -0.120. The smallest absolute Gasteiger partial charge is 0.237 e. The van der Waals surface area contributed by atoms with Gasteiger partial charge in [-0.05, 0) is 50.4 Å². The van der Waals surface area contributed by atoms with Crippen LogP contribution in [0.5, 0.6) is 0 Å². The molecule has 1 aromatic rings. The van der Waals surface area contributed by atoms with Gasteiger partial charge in [0.2, 0.25) is 5.91 Å². The predicted octanol–water partition coefficient (Wildman–Crippen LogP) is 1.82. The molecule has 3 aliphatic rings. The summed E-state index contributed by atoms with van der Waals surface area (Å²) in [5.41, 5.74) is 2.35. The van der Waals surface area contributed by atoms with E-state index in [0.29, 0.717) is 11.9 Å². The fraction of sp³-hybridized carbons (Fsp3) is 0.533. The number of hydrogen-bond donors (Lipinski definition) is 1. The average Bonchev–Trinajstić information content (AvgIpc) is 3.18. The fourth-order valence-corrected chi connectivity index (χ4v) is 3.58. The Morgan fingerprint density at radius 1 is 1.17 bits per heavy atom. The van der Waals surface area contributed by atoms with Crippen LogP contribution in [0.15, 0.2) is 24.3 Å². The van der Waals surface area contributed by atoms with Crippen molar-refractivity contribution in [2.24, 2.45) is 0 Å². The molecular weight excluding hydrogens is 224 g/mol. The van der Waals surface area contributed by atoms with E-state index >= 15 is 0 Å². The second-order valence-corrected chi connectivity index (χ2v) is 5.76. The zero-order chi connectivity index (χ0) is 12.2. The number of benzene rings is 1. The van der Waals surface area contributed by atoms with Crippen LogP contribution in [0, 0.1) is 0 Å². The maximum absolute atomic E-state index is 12.8. The number of hydrogen-bond acceptors (Lipinski definition) is 2. The zero-order valence-corrected chi connectivity index (χ0v) is 10.5. The van der Waals surface area contributed by atoms with Crippen LogP contribution in [0.2, 0.25) is 0 Å². The maximum atomic E-state index is 12.8. The van der Waals surface area contributed by atoms with Crippen LogP contribution in [0.1, 0.15) is 31.2 Å². The maximum Gasteiger partial charge on any atom is 0.237 e. The number of carbonyl (C=O) groups is 1. The number of nitrogens with one attached hydrogen (secondary N) is 1. The molecule has 0 atom stereocenters. The quantitative estimate of drug-likeness (QED) is 0.814. The molecule has 2 heterocycles. The Kier molecular flexibility index (Phi) is 2.10. The Morgan fingerprint density at radius 3 is 2.61 bits per heavy atom. The molecular formula is C15H18N2O. The first-order chi connectivity index (χ1) is 8.83. The monoisotopic (exact) mass is 242 g/mol. The molecule has 0 unspecified atom stereocenters. The topological polar surface area (TPSA) is 32.3 Å². The lowest BCUT2D eigenvalue weighted by atomic mass is 9.98. The molecule has 1 amide bonds. The molecule has 1 N–H and O–H groups in total. The van der Waals surface area contributed by atoms with E-state index in [2.05, 4.69) is 34.5 Å². The molecule has 3 heteroatoms. The molecule has 1 spiro atoms. The van der Waals surface area contributed by atoms with Crippen LogP contribution in [-0.4, -0.2) is 25.0 Å². The Morgan fingerprint density at radius 2 is 1.89 bits per heavy atom. The second kappa shape index (κ2) is 3.58. The minimum absolute atomic E-state index is 0.124. The van der Waals surface area contributed by atoms with Crippen LogP contribution in [0.3, 0.4) is 0 Å². The molecule has 1 aromatic carbocycles. The van der Waals surface area contributed by atoms with E-state index in [1.165, 1.54) is 11.3 Å². The van der Waals surface area contributed by atoms with Gasteiger partial charge in [-0.1, -0.05) is 18.2 Å². The summed E-state index contributed by atoms with van der Waals surface area (Å²) >= 11 is 0. The van der Waals surface area contributed by atoms with Crippen molar-refractivity contribution in [1.82, 2.24) is 5.32 Å². The summed E-state index contributed by atoms with van der Waals surface area (Å²) in [5.74, 6) is 0.371. The van der Waals surface area contributed by atoms with Crippen LogP contribution in [-0.2, 0) is 10.2 Å². The van der Waals surface area contributed by atoms with E-state index in [4.69, 9.17) is 0 Å². The third kappa shape index (κ3) is 1.25. The summed E-state index contributed by atoms with van der Waals surface area (Å²) in [4.78, 5) is 14.9. The molecule has 0 bridgehead atoms. The van der Waals surface area contributed by atoms with Crippen molar-refractivity contribution in [3.05, 3.63) is 29.8 Å². The van der Waals surface area contributed by atoms with Crippen molar-refractivity contribution in [3.8, 4) is 0 Å². The molecule has 1 saturated heterocycles. The van der Waals surface area contributed by atoms with Gasteiger partial charge in [0.05, 0.1) is 5.41 Å². The molecule has 1 aliphatic carbocycles. The highest BCUT2D eigenvalue weighted by molar-refractivity contribution is 6.10. The zero-order valence-electron chi connectivity index (χ0n) is 10.5. The molecule has 18 heavy (non-hydrogen) atoms. The number of anilines is 1. The van der Waals surface area contributed by atoms with Gasteiger partial charge in [0.15, 0.2) is 0 Å². The summed E-state index contributed by atoms with van der Waals surface area (Å²) in [6.07, 6.45) is 4.25. The first-order valence-corrected chi connectivity index (χ1v) is 6.97. The van der Waals surface area contributed by atoms with E-state index < -0.39 is 0 Å². The van der Waals surface area contributed by atoms with Crippen LogP contribution in [0.4, 0.5) is 5.69 Å². The third-order valence-corrected chi connectivity index (χ3v) is 4.73. The Labute approximate surface area is 107 Å². The van der Waals surface area contributed by atoms with Gasteiger partial charge >= 0.3 is 0 Å². The van der Waals surface area contributed by atoms with Crippen molar-refractivity contribution in [2.75, 3.05) is 18.0 Å². The Balaban J connectivity index is 1.77. The van der Waals surface area contributed by atoms with Gasteiger partial charge in [0.1, 0.15) is 0 Å². The first-order valence-electron chi connectivity index (χ1n) is 6.97. The minimum Gasteiger partial charge on any atom is -0.317 e. The fourth-order valence-electron chi connectivity index (χ4n) is 3.58. The van der Waals surface area contributed by atoms with Crippen molar-refractivity contribution < 1.29 is 4.79 Å². The number of fused-ring (bicyclic) bond motifs is 2. The predicted molar refractivity (Wildman–Crippen MR) is 70.7 cm³/mol. The van der Waals surface area contributed by atoms with Gasteiger partial charge in [-0.15, -0.1) is 0 Å². The highest BCUT2D eigenvalue weighted by Crippen LogP contribution is 2.57. The summed E-state index contributed by atoms with van der Waals surface area (Å²) < 4.78 is 0. The molecule has 4 rings (SSSR count). The lowest BCUT2D eigenvalue weighted by Crippen LogP contribution is -2.46. The minimum atomic E-state index is -0.124. The highest BCUT2D eigenvalue weighted by atomic mass is 16.2. The number of piperidine rings is 1. The number of para-hydroxylation sites is 1. The van der Waals surface area contributed by atoms with Gasteiger partial charge in [-0.25, -0.2) is 0 Å². The molecule has 0 radical (unpaired) electrons. The molecule has 1 saturated carbocycles. The number of carbonyl (C=O) groups excluding carboxylic acids is 1. The van der Waals surface area contributed by atoms with E-state index in [1.807, 2.05) is 0 Å². The van der Waals surface area contributed by atoms with Gasteiger partial charge < -0.3 is 10.2 Å². The van der Waals surface area contributed by atoms with E-state index in [9.17, 15) is 4.79 Å². The van der Waals surface area contributed by atoms with Crippen molar-refractivity contribution in [3.63, 3.8) is 0 Å². The highest BCUT2D eigenvalue weighted by Gasteiger charge is 2.59. The van der Waals surface area contributed by atoms with E-state index in [0.717, 1.165) is 38.8 Å². The Bertz CT molecular complexity index is 501.